The number of carbonyl (C=O) groups is 3. The van der Waals surface area contributed by atoms with Gasteiger partial charge < -0.3 is 15.4 Å². The number of amides is 2. The molecule has 0 aromatic carbocycles. The molecule has 1 aliphatic rings. The van der Waals surface area contributed by atoms with E-state index in [4.69, 9.17) is 0 Å². The summed E-state index contributed by atoms with van der Waals surface area (Å²) in [5.74, 6) is -2.13. The minimum atomic E-state index is -0.961. The van der Waals surface area contributed by atoms with E-state index in [1.54, 1.807) is 6.92 Å². The Morgan fingerprint density at radius 2 is 2.00 bits per heavy atom. The summed E-state index contributed by atoms with van der Waals surface area (Å²) in [6.07, 6.45) is 1.97. The van der Waals surface area contributed by atoms with Gasteiger partial charge in [0.2, 0.25) is 5.91 Å². The summed E-state index contributed by atoms with van der Waals surface area (Å²) in [5.41, 5.74) is 0. The Balaban J connectivity index is 2.14. The van der Waals surface area contributed by atoms with E-state index in [1.165, 1.54) is 0 Å². The van der Waals surface area contributed by atoms with Crippen molar-refractivity contribution in [2.75, 3.05) is 13.2 Å². The summed E-state index contributed by atoms with van der Waals surface area (Å²) >= 11 is 0. The zero-order valence-corrected chi connectivity index (χ0v) is 8.54. The van der Waals surface area contributed by atoms with Crippen molar-refractivity contribution in [2.24, 2.45) is 0 Å². The average molecular weight is 214 g/mol. The number of esters is 1. The highest BCUT2D eigenvalue weighted by atomic mass is 16.5. The third-order valence-corrected chi connectivity index (χ3v) is 1.81. The smallest absolute Gasteiger partial charge is 0.396 e. The Morgan fingerprint density at radius 1 is 1.33 bits per heavy atom. The van der Waals surface area contributed by atoms with Gasteiger partial charge in [-0.2, -0.15) is 0 Å². The van der Waals surface area contributed by atoms with Crippen LogP contribution in [0.25, 0.3) is 0 Å². The summed E-state index contributed by atoms with van der Waals surface area (Å²) in [4.78, 5) is 32.9. The van der Waals surface area contributed by atoms with Crippen LogP contribution in [0.4, 0.5) is 0 Å². The molecule has 0 aromatic rings. The number of nitrogens with one attached hydrogen (secondary N) is 2. The van der Waals surface area contributed by atoms with Gasteiger partial charge in [0.25, 0.3) is 0 Å². The molecular weight excluding hydrogens is 200 g/mol. The molecule has 1 rings (SSSR count). The van der Waals surface area contributed by atoms with Crippen LogP contribution in [0.5, 0.6) is 0 Å². The maximum Gasteiger partial charge on any atom is 0.396 e. The number of hydrogen-bond acceptors (Lipinski definition) is 4. The minimum Gasteiger partial charge on any atom is -0.459 e. The van der Waals surface area contributed by atoms with Crippen LogP contribution in [0.15, 0.2) is 0 Å². The van der Waals surface area contributed by atoms with E-state index in [-0.39, 0.29) is 25.1 Å². The van der Waals surface area contributed by atoms with Gasteiger partial charge in [-0.25, -0.2) is 4.79 Å². The molecule has 1 fully saturated rings. The SMILES string of the molecule is CCOC(=O)C(=O)NCC(=O)NC1CC1. The molecule has 6 nitrogen and oxygen atoms in total. The molecule has 1 aliphatic carbocycles. The Hall–Kier alpha value is -1.59. The second-order valence-corrected chi connectivity index (χ2v) is 3.24. The lowest BCUT2D eigenvalue weighted by Gasteiger charge is -2.04. The molecule has 1 saturated carbocycles. The first-order valence-corrected chi connectivity index (χ1v) is 4.87. The molecule has 0 heterocycles. The molecule has 6 heteroatoms. The molecule has 15 heavy (non-hydrogen) atoms. The van der Waals surface area contributed by atoms with Crippen LogP contribution in [0.3, 0.4) is 0 Å². The van der Waals surface area contributed by atoms with Gasteiger partial charge >= 0.3 is 11.9 Å². The summed E-state index contributed by atoms with van der Waals surface area (Å²) in [6.45, 7) is 1.56. The topological polar surface area (TPSA) is 84.5 Å². The van der Waals surface area contributed by atoms with E-state index in [1.807, 2.05) is 0 Å². The van der Waals surface area contributed by atoms with Crippen LogP contribution in [0.2, 0.25) is 0 Å². The maximum absolute atomic E-state index is 11.1. The van der Waals surface area contributed by atoms with Crippen molar-refractivity contribution in [3.63, 3.8) is 0 Å². The van der Waals surface area contributed by atoms with Crippen LogP contribution in [0.1, 0.15) is 19.8 Å². The number of hydrogen-bond donors (Lipinski definition) is 2. The molecule has 2 N–H and O–H groups in total. The second kappa shape index (κ2) is 5.33. The van der Waals surface area contributed by atoms with Crippen molar-refractivity contribution in [3.05, 3.63) is 0 Å². The van der Waals surface area contributed by atoms with Gasteiger partial charge in [0, 0.05) is 6.04 Å². The monoisotopic (exact) mass is 214 g/mol. The fraction of sp³-hybridized carbons (Fsp3) is 0.667. The lowest BCUT2D eigenvalue weighted by Crippen LogP contribution is -2.41. The van der Waals surface area contributed by atoms with E-state index in [9.17, 15) is 14.4 Å². The highest BCUT2D eigenvalue weighted by Gasteiger charge is 2.23. The van der Waals surface area contributed by atoms with Crippen molar-refractivity contribution in [2.45, 2.75) is 25.8 Å². The van der Waals surface area contributed by atoms with Gasteiger partial charge in [-0.3, -0.25) is 9.59 Å². The maximum atomic E-state index is 11.1. The van der Waals surface area contributed by atoms with Crippen LogP contribution >= 0.6 is 0 Å². The van der Waals surface area contributed by atoms with Gasteiger partial charge in [-0.15, -0.1) is 0 Å². The molecule has 84 valence electrons. The van der Waals surface area contributed by atoms with Crippen molar-refractivity contribution in [1.82, 2.24) is 10.6 Å². The van der Waals surface area contributed by atoms with Crippen LogP contribution in [-0.4, -0.2) is 37.0 Å². The van der Waals surface area contributed by atoms with Crippen molar-refractivity contribution >= 4 is 17.8 Å². The third-order valence-electron chi connectivity index (χ3n) is 1.81. The fourth-order valence-corrected chi connectivity index (χ4v) is 0.936. The Labute approximate surface area is 87.4 Å². The summed E-state index contributed by atoms with van der Waals surface area (Å²) < 4.78 is 4.45. The summed E-state index contributed by atoms with van der Waals surface area (Å²) in [7, 11) is 0. The molecule has 0 aliphatic heterocycles. The Bertz CT molecular complexity index is 273. The molecule has 0 saturated heterocycles. The minimum absolute atomic E-state index is 0.139. The zero-order valence-electron chi connectivity index (χ0n) is 8.54. The van der Waals surface area contributed by atoms with Crippen molar-refractivity contribution in [3.8, 4) is 0 Å². The summed E-state index contributed by atoms with van der Waals surface area (Å²) in [5, 5.41) is 4.85. The van der Waals surface area contributed by atoms with Crippen LogP contribution in [-0.2, 0) is 19.1 Å². The van der Waals surface area contributed by atoms with Gasteiger partial charge in [0.1, 0.15) is 0 Å². The molecule has 0 bridgehead atoms. The first kappa shape index (κ1) is 11.5. The van der Waals surface area contributed by atoms with E-state index in [0.717, 1.165) is 12.8 Å². The van der Waals surface area contributed by atoms with Crippen molar-refractivity contribution < 1.29 is 19.1 Å². The quantitative estimate of drug-likeness (QED) is 0.461. The zero-order chi connectivity index (χ0) is 11.3. The number of carbonyl (C=O) groups excluding carboxylic acids is 3. The van der Waals surface area contributed by atoms with Gasteiger partial charge in [-0.05, 0) is 19.8 Å². The number of rotatable bonds is 4. The molecule has 0 radical (unpaired) electrons. The average Bonchev–Trinajstić information content (AvgIpc) is 2.98. The molecule has 2 amide bonds. The van der Waals surface area contributed by atoms with Crippen LogP contribution < -0.4 is 10.6 Å². The molecule has 0 aromatic heterocycles. The Kier molecular flexibility index (Phi) is 4.08. The standard InChI is InChI=1S/C9H14N2O4/c1-2-15-9(14)8(13)10-5-7(12)11-6-3-4-6/h6H,2-5H2,1H3,(H,10,13)(H,11,12). The van der Waals surface area contributed by atoms with E-state index >= 15 is 0 Å². The third kappa shape index (κ3) is 4.44. The van der Waals surface area contributed by atoms with Gasteiger partial charge in [0.05, 0.1) is 13.2 Å². The van der Waals surface area contributed by atoms with E-state index in [0.29, 0.717) is 0 Å². The molecule has 0 spiro atoms. The second-order valence-electron chi connectivity index (χ2n) is 3.24. The Morgan fingerprint density at radius 3 is 2.53 bits per heavy atom. The highest BCUT2D eigenvalue weighted by Crippen LogP contribution is 2.18. The largest absolute Gasteiger partial charge is 0.459 e. The lowest BCUT2D eigenvalue weighted by molar-refractivity contribution is -0.154. The van der Waals surface area contributed by atoms with Gasteiger partial charge in [-0.1, -0.05) is 0 Å². The van der Waals surface area contributed by atoms with Crippen LogP contribution in [0, 0.1) is 0 Å². The van der Waals surface area contributed by atoms with E-state index < -0.39 is 11.9 Å². The fourth-order valence-electron chi connectivity index (χ4n) is 0.936. The summed E-state index contributed by atoms with van der Waals surface area (Å²) in [6, 6.07) is 0.247. The number of ether oxygens (including phenoxy) is 1. The molecular formula is C9H14N2O4. The van der Waals surface area contributed by atoms with E-state index in [2.05, 4.69) is 15.4 Å². The van der Waals surface area contributed by atoms with Crippen molar-refractivity contribution in [1.29, 1.82) is 0 Å². The first-order valence-electron chi connectivity index (χ1n) is 4.87. The predicted octanol–water partition coefficient (Wildman–Crippen LogP) is -1.06. The predicted molar refractivity (Wildman–Crippen MR) is 50.8 cm³/mol. The molecule has 0 atom stereocenters. The highest BCUT2D eigenvalue weighted by molar-refractivity contribution is 6.32. The van der Waals surface area contributed by atoms with Gasteiger partial charge in [0.15, 0.2) is 0 Å². The molecule has 0 unspecified atom stereocenters. The lowest BCUT2D eigenvalue weighted by atomic mass is 10.5. The first-order chi connectivity index (χ1) is 7.13. The normalized spacial score (nSPS) is 14.2.